The molecule has 0 aromatic heterocycles. The van der Waals surface area contributed by atoms with Crippen molar-refractivity contribution < 1.29 is 9.53 Å². The van der Waals surface area contributed by atoms with Crippen molar-refractivity contribution in [3.63, 3.8) is 0 Å². The number of esters is 1. The first-order chi connectivity index (χ1) is 9.06. The predicted octanol–water partition coefficient (Wildman–Crippen LogP) is 4.63. The van der Waals surface area contributed by atoms with Crippen LogP contribution in [-0.4, -0.2) is 5.97 Å². The Morgan fingerprint density at radius 3 is 1.95 bits per heavy atom. The second-order valence-electron chi connectivity index (χ2n) is 4.38. The molecule has 19 heavy (non-hydrogen) atoms. The largest absolute Gasteiger partial charge is 0.458 e. The van der Waals surface area contributed by atoms with Crippen LogP contribution in [-0.2, 0) is 9.53 Å². The van der Waals surface area contributed by atoms with E-state index in [0.29, 0.717) is 0 Å². The highest BCUT2D eigenvalue weighted by Crippen LogP contribution is 2.24. The normalized spacial score (nSPS) is 11.9. The minimum absolute atomic E-state index is 0.225. The first-order valence-electron chi connectivity index (χ1n) is 6.09. The van der Waals surface area contributed by atoms with Crippen LogP contribution in [0.25, 0.3) is 11.1 Å². The fraction of sp³-hybridized carbons (Fsp3) is 0.188. The Kier molecular flexibility index (Phi) is 4.23. The average molecular weight is 275 g/mol. The molecule has 0 aliphatic heterocycles. The highest BCUT2D eigenvalue weighted by Gasteiger charge is 2.08. The number of rotatable bonds is 3. The van der Waals surface area contributed by atoms with Crippen LogP contribution in [0.2, 0.25) is 5.02 Å². The summed E-state index contributed by atoms with van der Waals surface area (Å²) in [6.45, 7) is 3.28. The van der Waals surface area contributed by atoms with E-state index in [9.17, 15) is 4.79 Å². The quantitative estimate of drug-likeness (QED) is 0.763. The summed E-state index contributed by atoms with van der Waals surface area (Å²) in [6.07, 6.45) is -0.225. The first-order valence-corrected chi connectivity index (χ1v) is 6.47. The zero-order valence-electron chi connectivity index (χ0n) is 10.9. The van der Waals surface area contributed by atoms with Crippen molar-refractivity contribution in [2.45, 2.75) is 20.0 Å². The van der Waals surface area contributed by atoms with Gasteiger partial charge < -0.3 is 4.74 Å². The number of halogens is 1. The lowest BCUT2D eigenvalue weighted by molar-refractivity contribution is -0.145. The predicted molar refractivity (Wildman–Crippen MR) is 77.1 cm³/mol. The molecule has 0 aliphatic rings. The molecule has 2 aromatic rings. The molecule has 0 radical (unpaired) electrons. The van der Waals surface area contributed by atoms with E-state index < -0.39 is 0 Å². The molecule has 2 nitrogen and oxygen atoms in total. The Bertz CT molecular complexity index is 558. The van der Waals surface area contributed by atoms with Gasteiger partial charge in [0.05, 0.1) is 0 Å². The maximum atomic E-state index is 10.9. The summed E-state index contributed by atoms with van der Waals surface area (Å²) >= 11 is 5.87. The van der Waals surface area contributed by atoms with E-state index in [-0.39, 0.29) is 12.1 Å². The van der Waals surface area contributed by atoms with E-state index in [4.69, 9.17) is 16.3 Å². The maximum absolute atomic E-state index is 10.9. The summed E-state index contributed by atoms with van der Waals surface area (Å²) in [7, 11) is 0. The molecule has 0 bridgehead atoms. The molecule has 2 aromatic carbocycles. The van der Waals surface area contributed by atoms with Crippen molar-refractivity contribution in [1.82, 2.24) is 0 Å². The molecule has 1 atom stereocenters. The third-order valence-electron chi connectivity index (χ3n) is 2.90. The van der Waals surface area contributed by atoms with E-state index >= 15 is 0 Å². The van der Waals surface area contributed by atoms with Crippen LogP contribution in [0, 0.1) is 0 Å². The molecule has 0 heterocycles. The van der Waals surface area contributed by atoms with Gasteiger partial charge in [0.1, 0.15) is 6.10 Å². The van der Waals surface area contributed by atoms with Crippen LogP contribution in [0.4, 0.5) is 0 Å². The van der Waals surface area contributed by atoms with Gasteiger partial charge in [-0.3, -0.25) is 4.79 Å². The third kappa shape index (κ3) is 3.58. The van der Waals surface area contributed by atoms with Crippen LogP contribution in [0.3, 0.4) is 0 Å². The monoisotopic (exact) mass is 274 g/mol. The molecule has 0 N–H and O–H groups in total. The molecular formula is C16H15ClO2. The molecule has 1 unspecified atom stereocenters. The van der Waals surface area contributed by atoms with Gasteiger partial charge in [0.15, 0.2) is 0 Å². The summed E-state index contributed by atoms with van der Waals surface area (Å²) in [4.78, 5) is 10.9. The van der Waals surface area contributed by atoms with Gasteiger partial charge >= 0.3 is 5.97 Å². The fourth-order valence-electron chi connectivity index (χ4n) is 1.91. The minimum Gasteiger partial charge on any atom is -0.458 e. The van der Waals surface area contributed by atoms with E-state index in [1.54, 1.807) is 0 Å². The minimum atomic E-state index is -0.269. The SMILES string of the molecule is CC(=O)OC(C)c1ccc(-c2ccc(Cl)cc2)cc1. The van der Waals surface area contributed by atoms with Crippen LogP contribution in [0.15, 0.2) is 48.5 Å². The Labute approximate surface area is 118 Å². The van der Waals surface area contributed by atoms with E-state index in [2.05, 4.69) is 0 Å². The molecule has 0 spiro atoms. The second kappa shape index (κ2) is 5.89. The summed E-state index contributed by atoms with van der Waals surface area (Å²) in [5, 5.41) is 0.726. The Morgan fingerprint density at radius 1 is 1.00 bits per heavy atom. The Balaban J connectivity index is 2.18. The van der Waals surface area contributed by atoms with Crippen molar-refractivity contribution in [1.29, 1.82) is 0 Å². The van der Waals surface area contributed by atoms with Crippen molar-refractivity contribution in [3.05, 3.63) is 59.1 Å². The smallest absolute Gasteiger partial charge is 0.303 e. The number of benzene rings is 2. The van der Waals surface area contributed by atoms with Crippen LogP contribution >= 0.6 is 11.6 Å². The molecule has 0 fully saturated rings. The van der Waals surface area contributed by atoms with Gasteiger partial charge in [0, 0.05) is 11.9 Å². The molecule has 0 saturated heterocycles. The van der Waals surface area contributed by atoms with Gasteiger partial charge in [-0.2, -0.15) is 0 Å². The number of hydrogen-bond acceptors (Lipinski definition) is 2. The van der Waals surface area contributed by atoms with Crippen molar-refractivity contribution in [3.8, 4) is 11.1 Å². The van der Waals surface area contributed by atoms with Gasteiger partial charge in [-0.1, -0.05) is 48.0 Å². The molecule has 98 valence electrons. The summed E-state index contributed by atoms with van der Waals surface area (Å²) in [5.74, 6) is -0.269. The number of ether oxygens (including phenoxy) is 1. The van der Waals surface area contributed by atoms with Crippen molar-refractivity contribution >= 4 is 17.6 Å². The van der Waals surface area contributed by atoms with Gasteiger partial charge in [-0.15, -0.1) is 0 Å². The van der Waals surface area contributed by atoms with Gasteiger partial charge in [-0.05, 0) is 35.7 Å². The molecule has 0 saturated carbocycles. The molecular weight excluding hydrogens is 260 g/mol. The third-order valence-corrected chi connectivity index (χ3v) is 3.15. The molecule has 3 heteroatoms. The topological polar surface area (TPSA) is 26.3 Å². The highest BCUT2D eigenvalue weighted by molar-refractivity contribution is 6.30. The van der Waals surface area contributed by atoms with Crippen molar-refractivity contribution in [2.24, 2.45) is 0 Å². The summed E-state index contributed by atoms with van der Waals surface area (Å²) in [5.41, 5.74) is 3.19. The summed E-state index contributed by atoms with van der Waals surface area (Å²) in [6, 6.07) is 15.7. The fourth-order valence-corrected chi connectivity index (χ4v) is 2.03. The average Bonchev–Trinajstić information content (AvgIpc) is 2.39. The highest BCUT2D eigenvalue weighted by atomic mass is 35.5. The Morgan fingerprint density at radius 2 is 1.47 bits per heavy atom. The number of carbonyl (C=O) groups excluding carboxylic acids is 1. The van der Waals surface area contributed by atoms with E-state index in [1.165, 1.54) is 6.92 Å². The first kappa shape index (κ1) is 13.6. The lowest BCUT2D eigenvalue weighted by Gasteiger charge is -2.12. The molecule has 2 rings (SSSR count). The number of carbonyl (C=O) groups is 1. The Hall–Kier alpha value is -1.80. The molecule has 0 amide bonds. The van der Waals surface area contributed by atoms with Gasteiger partial charge in [0.25, 0.3) is 0 Å². The van der Waals surface area contributed by atoms with E-state index in [0.717, 1.165) is 21.7 Å². The van der Waals surface area contributed by atoms with Crippen LogP contribution in [0.5, 0.6) is 0 Å². The maximum Gasteiger partial charge on any atom is 0.303 e. The standard InChI is InChI=1S/C16H15ClO2/c1-11(19-12(2)18)13-3-5-14(6-4-13)15-7-9-16(17)10-8-15/h3-11H,1-2H3. The zero-order chi connectivity index (χ0) is 13.8. The van der Waals surface area contributed by atoms with Gasteiger partial charge in [0.2, 0.25) is 0 Å². The zero-order valence-corrected chi connectivity index (χ0v) is 11.6. The van der Waals surface area contributed by atoms with Crippen LogP contribution < -0.4 is 0 Å². The lowest BCUT2D eigenvalue weighted by atomic mass is 10.0. The van der Waals surface area contributed by atoms with Crippen LogP contribution in [0.1, 0.15) is 25.5 Å². The summed E-state index contributed by atoms with van der Waals surface area (Å²) < 4.78 is 5.14. The van der Waals surface area contributed by atoms with Crippen molar-refractivity contribution in [2.75, 3.05) is 0 Å². The van der Waals surface area contributed by atoms with E-state index in [1.807, 2.05) is 55.5 Å². The number of hydrogen-bond donors (Lipinski definition) is 0. The van der Waals surface area contributed by atoms with Gasteiger partial charge in [-0.25, -0.2) is 0 Å². The lowest BCUT2D eigenvalue weighted by Crippen LogP contribution is -2.04. The molecule has 0 aliphatic carbocycles. The second-order valence-corrected chi connectivity index (χ2v) is 4.82.